The van der Waals surface area contributed by atoms with E-state index in [4.69, 9.17) is 9.15 Å². The number of aryl methyl sites for hydroxylation is 1. The van der Waals surface area contributed by atoms with Crippen LogP contribution >= 0.6 is 0 Å². The fraction of sp³-hybridized carbons (Fsp3) is 0.542. The van der Waals surface area contributed by atoms with Gasteiger partial charge >= 0.3 is 0 Å². The molecule has 0 aliphatic carbocycles. The van der Waals surface area contributed by atoms with Gasteiger partial charge in [-0.2, -0.15) is 0 Å². The molecule has 7 nitrogen and oxygen atoms in total. The lowest BCUT2D eigenvalue weighted by atomic mass is 9.94. The van der Waals surface area contributed by atoms with Crippen LogP contribution in [0.25, 0.3) is 11.3 Å². The van der Waals surface area contributed by atoms with E-state index in [9.17, 15) is 18.4 Å². The number of hydrogen-bond acceptors (Lipinski definition) is 5. The van der Waals surface area contributed by atoms with Crippen LogP contribution in [0.2, 0.25) is 0 Å². The van der Waals surface area contributed by atoms with Gasteiger partial charge in [-0.1, -0.05) is 0 Å². The molecule has 2 saturated heterocycles. The molecule has 1 aromatic carbocycles. The van der Waals surface area contributed by atoms with Gasteiger partial charge in [0.2, 0.25) is 11.8 Å². The van der Waals surface area contributed by atoms with Crippen LogP contribution in [0.3, 0.4) is 0 Å². The van der Waals surface area contributed by atoms with Gasteiger partial charge in [0.15, 0.2) is 11.7 Å². The molecule has 2 amide bonds. The summed E-state index contributed by atoms with van der Waals surface area (Å²) in [6.07, 6.45) is 3.24. The number of ether oxygens (including phenoxy) is 1. The number of carbonyl (C=O) groups is 2. The average molecular weight is 462 g/mol. The quantitative estimate of drug-likeness (QED) is 0.682. The average Bonchev–Trinajstić information content (AvgIpc) is 3.25. The molecule has 2 aromatic rings. The van der Waals surface area contributed by atoms with Gasteiger partial charge in [0.05, 0.1) is 24.0 Å². The SMILES string of the molecule is CC1CN(C(=O)C2CCN(C(=O)CCc3ncc(-c4ccc(F)cc4F)o3)CC2)CC(C)O1. The first-order valence-corrected chi connectivity index (χ1v) is 11.4. The maximum atomic E-state index is 13.9. The Morgan fingerprint density at radius 1 is 1.09 bits per heavy atom. The molecule has 3 heterocycles. The highest BCUT2D eigenvalue weighted by atomic mass is 19.1. The van der Waals surface area contributed by atoms with Crippen molar-refractivity contribution in [1.82, 2.24) is 14.8 Å². The topological polar surface area (TPSA) is 75.9 Å². The third-order valence-electron chi connectivity index (χ3n) is 6.23. The number of nitrogens with zero attached hydrogens (tertiary/aromatic N) is 3. The molecule has 0 bridgehead atoms. The lowest BCUT2D eigenvalue weighted by molar-refractivity contribution is -0.150. The normalized spacial score (nSPS) is 21.9. The molecule has 2 fully saturated rings. The van der Waals surface area contributed by atoms with Crippen molar-refractivity contribution in [2.75, 3.05) is 26.2 Å². The second-order valence-electron chi connectivity index (χ2n) is 8.90. The molecule has 33 heavy (non-hydrogen) atoms. The summed E-state index contributed by atoms with van der Waals surface area (Å²) in [4.78, 5) is 33.3. The van der Waals surface area contributed by atoms with E-state index < -0.39 is 11.6 Å². The van der Waals surface area contributed by atoms with Crippen LogP contribution in [0.15, 0.2) is 28.8 Å². The third-order valence-corrected chi connectivity index (χ3v) is 6.23. The monoisotopic (exact) mass is 461 g/mol. The molecule has 0 saturated carbocycles. The zero-order valence-corrected chi connectivity index (χ0v) is 18.9. The van der Waals surface area contributed by atoms with Gasteiger partial charge in [-0.3, -0.25) is 9.59 Å². The molecule has 0 radical (unpaired) electrons. The first-order chi connectivity index (χ1) is 15.8. The number of carbonyl (C=O) groups excluding carboxylic acids is 2. The Balaban J connectivity index is 1.25. The molecule has 0 spiro atoms. The molecule has 9 heteroatoms. The fourth-order valence-electron chi connectivity index (χ4n) is 4.60. The Hall–Kier alpha value is -2.81. The molecule has 2 unspecified atom stereocenters. The van der Waals surface area contributed by atoms with Gasteiger partial charge in [0.1, 0.15) is 11.6 Å². The zero-order valence-electron chi connectivity index (χ0n) is 18.9. The second kappa shape index (κ2) is 9.99. The Morgan fingerprint density at radius 3 is 2.45 bits per heavy atom. The highest BCUT2D eigenvalue weighted by Gasteiger charge is 2.33. The van der Waals surface area contributed by atoms with Gasteiger partial charge < -0.3 is 19.0 Å². The number of oxazole rings is 1. The van der Waals surface area contributed by atoms with Gasteiger partial charge in [0.25, 0.3) is 0 Å². The van der Waals surface area contributed by atoms with Crippen LogP contribution in [-0.4, -0.2) is 65.0 Å². The van der Waals surface area contributed by atoms with E-state index in [1.54, 1.807) is 4.90 Å². The van der Waals surface area contributed by atoms with Crippen molar-refractivity contribution in [3.63, 3.8) is 0 Å². The largest absolute Gasteiger partial charge is 0.441 e. The zero-order chi connectivity index (χ0) is 23.5. The second-order valence-corrected chi connectivity index (χ2v) is 8.90. The van der Waals surface area contributed by atoms with Crippen molar-refractivity contribution in [2.45, 2.75) is 51.7 Å². The lowest BCUT2D eigenvalue weighted by Gasteiger charge is -2.39. The number of amides is 2. The smallest absolute Gasteiger partial charge is 0.225 e. The van der Waals surface area contributed by atoms with Crippen molar-refractivity contribution in [1.29, 1.82) is 0 Å². The minimum absolute atomic E-state index is 0.0257. The molecule has 2 aliphatic heterocycles. The van der Waals surface area contributed by atoms with Gasteiger partial charge in [-0.25, -0.2) is 13.8 Å². The Bertz CT molecular complexity index is 993. The summed E-state index contributed by atoms with van der Waals surface area (Å²) in [5.74, 6) is -0.810. The highest BCUT2D eigenvalue weighted by molar-refractivity contribution is 5.80. The van der Waals surface area contributed by atoms with Crippen molar-refractivity contribution < 1.29 is 27.5 Å². The number of piperidine rings is 1. The predicted molar refractivity (Wildman–Crippen MR) is 116 cm³/mol. The third kappa shape index (κ3) is 5.58. The highest BCUT2D eigenvalue weighted by Crippen LogP contribution is 2.26. The molecule has 2 aliphatic rings. The number of hydrogen-bond donors (Lipinski definition) is 0. The van der Waals surface area contributed by atoms with Gasteiger partial charge in [-0.15, -0.1) is 0 Å². The van der Waals surface area contributed by atoms with Crippen LogP contribution < -0.4 is 0 Å². The van der Waals surface area contributed by atoms with E-state index in [0.29, 0.717) is 44.9 Å². The van der Waals surface area contributed by atoms with E-state index in [1.165, 1.54) is 12.3 Å². The van der Waals surface area contributed by atoms with E-state index >= 15 is 0 Å². The minimum atomic E-state index is -0.729. The Labute approximate surface area is 191 Å². The van der Waals surface area contributed by atoms with Crippen LogP contribution in [0.1, 0.15) is 39.0 Å². The number of aromatic nitrogens is 1. The summed E-state index contributed by atoms with van der Waals surface area (Å²) in [6.45, 7) is 6.27. The van der Waals surface area contributed by atoms with Crippen molar-refractivity contribution in [3.05, 3.63) is 41.9 Å². The summed E-state index contributed by atoms with van der Waals surface area (Å²) in [5, 5.41) is 0. The van der Waals surface area contributed by atoms with Crippen molar-refractivity contribution >= 4 is 11.8 Å². The molecule has 0 N–H and O–H groups in total. The number of benzene rings is 1. The summed E-state index contributed by atoms with van der Waals surface area (Å²) < 4.78 is 38.3. The number of halogens is 2. The van der Waals surface area contributed by atoms with Crippen molar-refractivity contribution in [2.24, 2.45) is 5.92 Å². The summed E-state index contributed by atoms with van der Waals surface area (Å²) in [7, 11) is 0. The molecule has 1 aromatic heterocycles. The number of likely N-dealkylation sites (tertiary alicyclic amines) is 1. The van der Waals surface area contributed by atoms with Crippen LogP contribution in [0, 0.1) is 17.6 Å². The Kier molecular flexibility index (Phi) is 7.07. The first-order valence-electron chi connectivity index (χ1n) is 11.4. The standard InChI is InChI=1S/C24H29F2N3O4/c1-15-13-29(14-16(2)32-15)24(31)17-7-9-28(10-8-17)23(30)6-5-22-27-12-21(33-22)19-4-3-18(25)11-20(19)26/h3-4,11-12,15-17H,5-10,13-14H2,1-2H3. The molecule has 2 atom stereocenters. The lowest BCUT2D eigenvalue weighted by Crippen LogP contribution is -2.51. The number of morpholine rings is 1. The Morgan fingerprint density at radius 2 is 1.79 bits per heavy atom. The summed E-state index contributed by atoms with van der Waals surface area (Å²) >= 11 is 0. The molecule has 4 rings (SSSR count). The van der Waals surface area contributed by atoms with E-state index in [-0.39, 0.29) is 54.1 Å². The van der Waals surface area contributed by atoms with E-state index in [0.717, 1.165) is 12.1 Å². The van der Waals surface area contributed by atoms with E-state index in [2.05, 4.69) is 4.98 Å². The molecular formula is C24H29F2N3O4. The molecule has 178 valence electrons. The van der Waals surface area contributed by atoms with E-state index in [1.807, 2.05) is 18.7 Å². The van der Waals surface area contributed by atoms with Gasteiger partial charge in [0, 0.05) is 51.0 Å². The first kappa shape index (κ1) is 23.4. The summed E-state index contributed by atoms with van der Waals surface area (Å²) in [5.41, 5.74) is 0.122. The van der Waals surface area contributed by atoms with Crippen molar-refractivity contribution in [3.8, 4) is 11.3 Å². The maximum Gasteiger partial charge on any atom is 0.225 e. The summed E-state index contributed by atoms with van der Waals surface area (Å²) in [6, 6.07) is 3.23. The predicted octanol–water partition coefficient (Wildman–Crippen LogP) is 3.43. The van der Waals surface area contributed by atoms with Crippen LogP contribution in [0.5, 0.6) is 0 Å². The number of rotatable bonds is 5. The van der Waals surface area contributed by atoms with Crippen LogP contribution in [0.4, 0.5) is 8.78 Å². The van der Waals surface area contributed by atoms with Crippen LogP contribution in [-0.2, 0) is 20.7 Å². The minimum Gasteiger partial charge on any atom is -0.441 e. The fourth-order valence-corrected chi connectivity index (χ4v) is 4.60. The maximum absolute atomic E-state index is 13.9. The van der Waals surface area contributed by atoms with Gasteiger partial charge in [-0.05, 0) is 38.8 Å². The molecular weight excluding hydrogens is 432 g/mol.